The number of aromatic nitrogens is 1. The molecule has 2 aromatic carbocycles. The number of nitrogens with one attached hydrogen (secondary N) is 1. The first-order chi connectivity index (χ1) is 12.4. The Balaban J connectivity index is 1.90. The topological polar surface area (TPSA) is 51.1 Å². The van der Waals surface area contributed by atoms with Crippen molar-refractivity contribution in [1.82, 2.24) is 4.57 Å². The van der Waals surface area contributed by atoms with Crippen LogP contribution in [0.1, 0.15) is 21.7 Å². The van der Waals surface area contributed by atoms with Crippen molar-refractivity contribution < 1.29 is 9.00 Å². The molecule has 0 bridgehead atoms. The first-order valence-electron chi connectivity index (χ1n) is 8.17. The minimum atomic E-state index is -1.04. The fraction of sp³-hybridized carbons (Fsp3) is 0.150. The molecule has 3 rings (SSSR count). The van der Waals surface area contributed by atoms with E-state index >= 15 is 0 Å². The van der Waals surface area contributed by atoms with Crippen molar-refractivity contribution in [3.8, 4) is 5.69 Å². The molecule has 1 amide bonds. The van der Waals surface area contributed by atoms with Crippen molar-refractivity contribution in [3.05, 3.63) is 71.5 Å². The summed E-state index contributed by atoms with van der Waals surface area (Å²) in [6.45, 7) is 3.85. The summed E-state index contributed by atoms with van der Waals surface area (Å²) in [5.41, 5.74) is 4.52. The van der Waals surface area contributed by atoms with Gasteiger partial charge in [-0.05, 0) is 50.2 Å². The van der Waals surface area contributed by atoms with E-state index in [1.54, 1.807) is 30.5 Å². The van der Waals surface area contributed by atoms with Crippen molar-refractivity contribution in [2.45, 2.75) is 18.7 Å². The van der Waals surface area contributed by atoms with E-state index in [1.165, 1.54) is 0 Å². The molecule has 0 fully saturated rings. The summed E-state index contributed by atoms with van der Waals surface area (Å²) >= 11 is 0. The maximum absolute atomic E-state index is 12.7. The Morgan fingerprint density at radius 3 is 2.35 bits per heavy atom. The predicted molar refractivity (Wildman–Crippen MR) is 107 cm³/mol. The van der Waals surface area contributed by atoms with Crippen LogP contribution in [0, 0.1) is 13.8 Å². The van der Waals surface area contributed by atoms with Gasteiger partial charge in [-0.25, -0.2) is 0 Å². The maximum atomic E-state index is 12.7. The Hall–Kier alpha value is -2.60. The van der Waals surface area contributed by atoms with Crippen LogP contribution in [-0.2, 0) is 10.8 Å². The van der Waals surface area contributed by atoms with Gasteiger partial charge in [0.1, 0.15) is 7.85 Å². The van der Waals surface area contributed by atoms with E-state index < -0.39 is 10.8 Å². The lowest BCUT2D eigenvalue weighted by molar-refractivity contribution is 0.102. The molecule has 1 N–H and O–H groups in total. The molecule has 1 atom stereocenters. The summed E-state index contributed by atoms with van der Waals surface area (Å²) in [4.78, 5) is 13.4. The smallest absolute Gasteiger partial charge is 0.257 e. The van der Waals surface area contributed by atoms with Crippen LogP contribution in [0.15, 0.2) is 59.5 Å². The number of hydrogen-bond acceptors (Lipinski definition) is 2. The number of rotatable bonds is 4. The van der Waals surface area contributed by atoms with E-state index in [9.17, 15) is 9.00 Å². The lowest BCUT2D eigenvalue weighted by Crippen LogP contribution is -2.16. The largest absolute Gasteiger partial charge is 0.322 e. The average Bonchev–Trinajstić information content (AvgIpc) is 2.90. The fourth-order valence-electron chi connectivity index (χ4n) is 2.98. The molecule has 1 heterocycles. The van der Waals surface area contributed by atoms with Crippen LogP contribution in [-0.4, -0.2) is 28.8 Å². The molecule has 1 unspecified atom stereocenters. The lowest BCUT2D eigenvalue weighted by Gasteiger charge is -2.13. The highest BCUT2D eigenvalue weighted by atomic mass is 32.2. The zero-order valence-electron chi connectivity index (χ0n) is 14.9. The standard InChI is InChI=1S/C20H19BN2O2S/c1-13-12-17(14(2)23(13)19-7-5-4-6-18(19)21)20(24)22-15-8-10-16(11-9-15)26(3)25/h4-12H,1-3H3,(H,22,24). The van der Waals surface area contributed by atoms with Crippen LogP contribution in [0.4, 0.5) is 5.69 Å². The lowest BCUT2D eigenvalue weighted by atomic mass is 9.94. The number of carbonyl (C=O) groups is 1. The maximum Gasteiger partial charge on any atom is 0.257 e. The molecule has 0 saturated carbocycles. The molecule has 0 aliphatic heterocycles. The van der Waals surface area contributed by atoms with Gasteiger partial charge in [0.15, 0.2) is 0 Å². The second-order valence-corrected chi connectivity index (χ2v) is 7.49. The van der Waals surface area contributed by atoms with Crippen LogP contribution < -0.4 is 10.8 Å². The second-order valence-electron chi connectivity index (χ2n) is 6.11. The Morgan fingerprint density at radius 2 is 1.73 bits per heavy atom. The molecule has 0 aliphatic rings. The molecule has 0 saturated heterocycles. The normalized spacial score (nSPS) is 12.0. The number of nitrogens with zero attached hydrogens (tertiary/aromatic N) is 1. The van der Waals surface area contributed by atoms with Crippen LogP contribution >= 0.6 is 0 Å². The van der Waals surface area contributed by atoms with Crippen LogP contribution in [0.25, 0.3) is 5.69 Å². The summed E-state index contributed by atoms with van der Waals surface area (Å²) in [5, 5.41) is 2.89. The molecular weight excluding hydrogens is 343 g/mol. The summed E-state index contributed by atoms with van der Waals surface area (Å²) in [6, 6.07) is 16.4. The Labute approximate surface area is 157 Å². The molecule has 3 aromatic rings. The minimum Gasteiger partial charge on any atom is -0.322 e. The molecule has 4 nitrogen and oxygen atoms in total. The van der Waals surface area contributed by atoms with Gasteiger partial charge in [-0.3, -0.25) is 9.00 Å². The average molecular weight is 362 g/mol. The highest BCUT2D eigenvalue weighted by molar-refractivity contribution is 7.84. The molecule has 26 heavy (non-hydrogen) atoms. The molecule has 0 aliphatic carbocycles. The van der Waals surface area contributed by atoms with Crippen molar-refractivity contribution >= 4 is 35.7 Å². The predicted octanol–water partition coefficient (Wildman–Crippen LogP) is 2.88. The summed E-state index contributed by atoms with van der Waals surface area (Å²) in [7, 11) is 5.05. The third-order valence-electron chi connectivity index (χ3n) is 4.30. The van der Waals surface area contributed by atoms with Gasteiger partial charge in [-0.2, -0.15) is 0 Å². The molecule has 130 valence electrons. The van der Waals surface area contributed by atoms with Gasteiger partial charge in [0.05, 0.1) is 5.56 Å². The molecule has 6 heteroatoms. The summed E-state index contributed by atoms with van der Waals surface area (Å²) < 4.78 is 13.4. The Bertz CT molecular complexity index is 994. The highest BCUT2D eigenvalue weighted by Crippen LogP contribution is 2.21. The van der Waals surface area contributed by atoms with E-state index in [0.717, 1.165) is 22.0 Å². The van der Waals surface area contributed by atoms with E-state index in [4.69, 9.17) is 7.85 Å². The van der Waals surface area contributed by atoms with E-state index in [1.807, 2.05) is 48.7 Å². The number of benzene rings is 2. The monoisotopic (exact) mass is 362 g/mol. The van der Waals surface area contributed by atoms with Crippen molar-refractivity contribution in [1.29, 1.82) is 0 Å². The van der Waals surface area contributed by atoms with Crippen LogP contribution in [0.3, 0.4) is 0 Å². The van der Waals surface area contributed by atoms with Crippen LogP contribution in [0.2, 0.25) is 0 Å². The Morgan fingerprint density at radius 1 is 1.08 bits per heavy atom. The van der Waals surface area contributed by atoms with Gasteiger partial charge in [-0.1, -0.05) is 23.7 Å². The fourth-order valence-corrected chi connectivity index (χ4v) is 3.50. The Kier molecular flexibility index (Phi) is 5.14. The first kappa shape index (κ1) is 18.2. The summed E-state index contributed by atoms with van der Waals surface area (Å²) in [6.07, 6.45) is 1.62. The van der Waals surface area contributed by atoms with E-state index in [0.29, 0.717) is 16.7 Å². The van der Waals surface area contributed by atoms with E-state index in [2.05, 4.69) is 5.32 Å². The summed E-state index contributed by atoms with van der Waals surface area (Å²) in [5.74, 6) is -0.191. The molecule has 1 aromatic heterocycles. The van der Waals surface area contributed by atoms with Gasteiger partial charge < -0.3 is 9.88 Å². The number of carbonyl (C=O) groups excluding carboxylic acids is 1. The molecular formula is C20H19BN2O2S. The zero-order chi connectivity index (χ0) is 18.8. The van der Waals surface area contributed by atoms with Gasteiger partial charge in [0.25, 0.3) is 5.91 Å². The van der Waals surface area contributed by atoms with E-state index in [-0.39, 0.29) is 5.91 Å². The number of amides is 1. The number of anilines is 1. The number of aryl methyl sites for hydroxylation is 1. The SMILES string of the molecule is [B]c1ccccc1-n1c(C)cc(C(=O)Nc2ccc(S(C)=O)cc2)c1C. The van der Waals surface area contributed by atoms with Gasteiger partial charge >= 0.3 is 0 Å². The quantitative estimate of drug-likeness (QED) is 0.726. The second kappa shape index (κ2) is 7.34. The minimum absolute atomic E-state index is 0.191. The first-order valence-corrected chi connectivity index (χ1v) is 9.73. The third-order valence-corrected chi connectivity index (χ3v) is 5.23. The third kappa shape index (κ3) is 3.51. The van der Waals surface area contributed by atoms with Crippen molar-refractivity contribution in [2.24, 2.45) is 0 Å². The van der Waals surface area contributed by atoms with Gasteiger partial charge in [-0.15, -0.1) is 0 Å². The van der Waals surface area contributed by atoms with Gasteiger partial charge in [0.2, 0.25) is 0 Å². The van der Waals surface area contributed by atoms with Crippen LogP contribution in [0.5, 0.6) is 0 Å². The van der Waals surface area contributed by atoms with Crippen molar-refractivity contribution in [3.63, 3.8) is 0 Å². The molecule has 0 spiro atoms. The zero-order valence-corrected chi connectivity index (χ0v) is 15.8. The highest BCUT2D eigenvalue weighted by Gasteiger charge is 2.17. The number of hydrogen-bond donors (Lipinski definition) is 1. The molecule has 2 radical (unpaired) electrons. The van der Waals surface area contributed by atoms with Crippen molar-refractivity contribution in [2.75, 3.05) is 11.6 Å². The number of para-hydroxylation sites is 1. The van der Waals surface area contributed by atoms with Gasteiger partial charge in [0, 0.05) is 44.7 Å².